The fraction of sp³-hybridized carbons (Fsp3) is 0.409. The molecule has 6 amide bonds. The minimum atomic E-state index is -0.658. The molecule has 90 heavy (non-hydrogen) atoms. The van der Waals surface area contributed by atoms with Crippen LogP contribution in [0.5, 0.6) is 23.0 Å². The first kappa shape index (κ1) is 65.1. The first-order valence-electron chi connectivity index (χ1n) is 29.9. The number of amides is 6. The van der Waals surface area contributed by atoms with Crippen molar-refractivity contribution in [3.05, 3.63) is 124 Å². The molecular weight excluding hydrogens is 1160 g/mol. The molecule has 0 radical (unpaired) electrons. The zero-order valence-electron chi connectivity index (χ0n) is 51.6. The maximum atomic E-state index is 14.2. The van der Waals surface area contributed by atoms with Crippen molar-refractivity contribution in [3.8, 4) is 23.0 Å². The molecule has 24 nitrogen and oxygen atoms in total. The number of carbonyl (C=O) groups excluding carboxylic acids is 7. The van der Waals surface area contributed by atoms with E-state index >= 15 is 0 Å². The van der Waals surface area contributed by atoms with E-state index in [-0.39, 0.29) is 69.6 Å². The van der Waals surface area contributed by atoms with E-state index in [1.165, 1.54) is 14.2 Å². The van der Waals surface area contributed by atoms with Gasteiger partial charge in [0, 0.05) is 87.6 Å². The Balaban J connectivity index is 0.898. The molecule has 0 aromatic heterocycles. The van der Waals surface area contributed by atoms with Gasteiger partial charge >= 0.3 is 5.97 Å². The monoisotopic (exact) mass is 1240 g/mol. The number of ether oxygens (including phenoxy) is 8. The lowest BCUT2D eigenvalue weighted by atomic mass is 10.1. The van der Waals surface area contributed by atoms with Gasteiger partial charge in [-0.05, 0) is 91.9 Å². The molecular formula is C66H77N9O15. The maximum Gasteiger partial charge on any atom is 0.308 e. The van der Waals surface area contributed by atoms with Crippen LogP contribution in [0.3, 0.4) is 0 Å². The number of rotatable bonds is 31. The molecule has 476 valence electrons. The van der Waals surface area contributed by atoms with Crippen LogP contribution >= 0.6 is 0 Å². The molecule has 0 fully saturated rings. The summed E-state index contributed by atoms with van der Waals surface area (Å²) in [6, 6.07) is 27.8. The molecule has 2 atom stereocenters. The summed E-state index contributed by atoms with van der Waals surface area (Å²) in [5, 5.41) is 9.97. The molecule has 9 rings (SSSR count). The van der Waals surface area contributed by atoms with Crippen LogP contribution in [0.1, 0.15) is 83.0 Å². The third kappa shape index (κ3) is 17.1. The van der Waals surface area contributed by atoms with Crippen LogP contribution < -0.4 is 54.9 Å². The van der Waals surface area contributed by atoms with E-state index in [4.69, 9.17) is 47.9 Å². The van der Waals surface area contributed by atoms with Crippen LogP contribution in [0, 0.1) is 0 Å². The zero-order chi connectivity index (χ0) is 63.7. The van der Waals surface area contributed by atoms with Crippen LogP contribution in [0.4, 0.5) is 28.4 Å². The van der Waals surface area contributed by atoms with Crippen molar-refractivity contribution in [2.45, 2.75) is 83.8 Å². The van der Waals surface area contributed by atoms with Crippen molar-refractivity contribution >= 4 is 82.3 Å². The predicted molar refractivity (Wildman–Crippen MR) is 336 cm³/mol. The molecule has 4 aliphatic rings. The van der Waals surface area contributed by atoms with E-state index in [0.29, 0.717) is 104 Å². The van der Waals surface area contributed by atoms with Crippen molar-refractivity contribution in [2.75, 3.05) is 108 Å². The van der Waals surface area contributed by atoms with Gasteiger partial charge in [-0.25, -0.2) is 0 Å². The summed E-state index contributed by atoms with van der Waals surface area (Å²) in [4.78, 5) is 106. The summed E-state index contributed by atoms with van der Waals surface area (Å²) in [5.74, 6) is -1.67. The van der Waals surface area contributed by atoms with Gasteiger partial charge in [0.05, 0.1) is 108 Å². The fourth-order valence-electron chi connectivity index (χ4n) is 10.7. The summed E-state index contributed by atoms with van der Waals surface area (Å²) in [7, 11) is 4.62. The normalized spacial score (nSPS) is 15.0. The van der Waals surface area contributed by atoms with Crippen molar-refractivity contribution < 1.29 is 71.5 Å². The summed E-state index contributed by atoms with van der Waals surface area (Å²) in [6.07, 6.45) is 5.20. The van der Waals surface area contributed by atoms with Crippen LogP contribution in [-0.4, -0.2) is 165 Å². The number of aliphatic imine (C=N–C) groups is 2. The van der Waals surface area contributed by atoms with Crippen molar-refractivity contribution in [1.82, 2.24) is 21.3 Å². The topological polar surface area (TPSA) is 276 Å². The molecule has 4 N–H and O–H groups in total. The number of carbonyl (C=O) groups is 7. The summed E-state index contributed by atoms with van der Waals surface area (Å²) in [6.45, 7) is 6.62. The molecule has 0 saturated carbocycles. The summed E-state index contributed by atoms with van der Waals surface area (Å²) in [5.41, 5.74) is 6.96. The van der Waals surface area contributed by atoms with Gasteiger partial charge in [0.2, 0.25) is 23.6 Å². The first-order chi connectivity index (χ1) is 43.5. The van der Waals surface area contributed by atoms with Crippen LogP contribution in [0.25, 0.3) is 0 Å². The number of methoxy groups -OCH3 is 3. The second-order valence-electron chi connectivity index (χ2n) is 22.7. The summed E-state index contributed by atoms with van der Waals surface area (Å²) >= 11 is 0. The number of nitrogens with zero attached hydrogens (tertiary/aromatic N) is 5. The van der Waals surface area contributed by atoms with Gasteiger partial charge in [-0.2, -0.15) is 0 Å². The van der Waals surface area contributed by atoms with Gasteiger partial charge in [-0.1, -0.05) is 36.4 Å². The number of hydrogen-bond donors (Lipinski definition) is 4. The molecule has 0 aliphatic carbocycles. The van der Waals surface area contributed by atoms with Crippen LogP contribution in [0.15, 0.2) is 101 Å². The third-order valence-electron chi connectivity index (χ3n) is 15.0. The van der Waals surface area contributed by atoms with Gasteiger partial charge < -0.3 is 64.1 Å². The average molecular weight is 1240 g/mol. The lowest BCUT2D eigenvalue weighted by molar-refractivity contribution is -0.154. The number of hydrogen-bond acceptors (Lipinski definition) is 18. The highest BCUT2D eigenvalue weighted by atomic mass is 16.6. The van der Waals surface area contributed by atoms with E-state index < -0.39 is 48.3 Å². The summed E-state index contributed by atoms with van der Waals surface area (Å²) < 4.78 is 46.9. The maximum absolute atomic E-state index is 14.2. The lowest BCUT2D eigenvalue weighted by Crippen LogP contribution is -2.44. The molecule has 5 aromatic rings. The minimum absolute atomic E-state index is 0.0241. The molecule has 0 spiro atoms. The van der Waals surface area contributed by atoms with Gasteiger partial charge in [0.1, 0.15) is 18.8 Å². The number of anilines is 3. The van der Waals surface area contributed by atoms with Crippen molar-refractivity contribution in [1.29, 1.82) is 0 Å². The molecule has 24 heteroatoms. The Morgan fingerprint density at radius 2 is 1.06 bits per heavy atom. The van der Waals surface area contributed by atoms with Crippen molar-refractivity contribution in [3.63, 3.8) is 0 Å². The van der Waals surface area contributed by atoms with E-state index in [1.807, 2.05) is 66.7 Å². The number of para-hydroxylation sites is 2. The number of benzene rings is 5. The average Bonchev–Trinajstić information content (AvgIpc) is 1.61. The lowest BCUT2D eigenvalue weighted by Gasteiger charge is -2.26. The Morgan fingerprint density at radius 3 is 1.57 bits per heavy atom. The fourth-order valence-corrected chi connectivity index (χ4v) is 10.7. The Labute approximate surface area is 522 Å². The molecule has 4 aliphatic heterocycles. The van der Waals surface area contributed by atoms with Gasteiger partial charge in [-0.15, -0.1) is 0 Å². The Hall–Kier alpha value is -9.39. The highest BCUT2D eigenvalue weighted by Crippen LogP contribution is 2.43. The smallest absolute Gasteiger partial charge is 0.308 e. The van der Waals surface area contributed by atoms with Crippen LogP contribution in [0.2, 0.25) is 0 Å². The predicted octanol–water partition coefficient (Wildman–Crippen LogP) is 5.90. The second-order valence-corrected chi connectivity index (χ2v) is 22.7. The molecule has 4 heterocycles. The SMILES string of the molecule is COCCOCCOCCN(CCCC(=O)NCC(=O)NCC(=O)NCC(=O)NCCC(=O)OC(C)(C)C)c1cc(COc2cc3c(cc2OC)C(=O)N2c4ccccc4CC2C=N3)cc(COc2cc3c(cc2OC)C(=O)N2c4ccccc4CC2C=N3)c1. The Bertz CT molecular complexity index is 3350. The van der Waals surface area contributed by atoms with E-state index in [9.17, 15) is 33.6 Å². The number of esters is 1. The Morgan fingerprint density at radius 1 is 0.567 bits per heavy atom. The van der Waals surface area contributed by atoms with E-state index in [0.717, 1.165) is 39.3 Å². The standard InChI is InChI=1S/C66H77N9O15/c1-66(2,3)90-63(80)17-18-67-60(77)37-71-62(79)39-72-61(78)38-70-59(76)16-11-19-73(20-21-86-24-25-87-23-22-83-4)46-27-42(40-88-57-33-51-49(31-55(57)84-5)64(81)74-47(35-68-51)29-44-12-7-9-14-53(44)74)26-43(28-46)41-89-58-34-52-50(32-56(58)85-6)65(82)75-48(36-69-52)30-45-13-8-10-15-54(45)75/h7-10,12-15,26-28,31-36,47-48H,11,16-25,29-30,37-41H2,1-6H3,(H,67,77)(H,70,76)(H,71,79)(H,72,78). The van der Waals surface area contributed by atoms with E-state index in [2.05, 4.69) is 26.2 Å². The largest absolute Gasteiger partial charge is 0.493 e. The van der Waals surface area contributed by atoms with Gasteiger partial charge in [0.25, 0.3) is 11.8 Å². The quantitative estimate of drug-likeness (QED) is 0.0297. The van der Waals surface area contributed by atoms with Gasteiger partial charge in [0.15, 0.2) is 23.0 Å². The second kappa shape index (κ2) is 30.7. The van der Waals surface area contributed by atoms with Crippen molar-refractivity contribution in [2.24, 2.45) is 9.98 Å². The Kier molecular flexibility index (Phi) is 22.2. The molecule has 5 aromatic carbocycles. The molecule has 0 bridgehead atoms. The molecule has 0 saturated heterocycles. The highest BCUT2D eigenvalue weighted by molar-refractivity contribution is 6.16. The highest BCUT2D eigenvalue weighted by Gasteiger charge is 2.38. The minimum Gasteiger partial charge on any atom is -0.493 e. The zero-order valence-corrected chi connectivity index (χ0v) is 51.6. The van der Waals surface area contributed by atoms with Crippen LogP contribution in [-0.2, 0) is 69.0 Å². The number of fused-ring (bicyclic) bond motifs is 8. The third-order valence-corrected chi connectivity index (χ3v) is 15.0. The molecule has 2 unspecified atom stereocenters. The van der Waals surface area contributed by atoms with Gasteiger partial charge in [-0.3, -0.25) is 53.3 Å². The number of nitrogens with one attached hydrogen (secondary N) is 4. The first-order valence-corrected chi connectivity index (χ1v) is 29.9. The van der Waals surface area contributed by atoms with E-state index in [1.54, 1.807) is 74.4 Å².